The third-order valence-corrected chi connectivity index (χ3v) is 3.41. The van der Waals surface area contributed by atoms with E-state index in [0.29, 0.717) is 5.56 Å². The fourth-order valence-electron chi connectivity index (χ4n) is 2.14. The fraction of sp³-hybridized carbons (Fsp3) is 0.278. The van der Waals surface area contributed by atoms with E-state index in [1.54, 1.807) is 19.2 Å². The molecule has 22 heavy (non-hydrogen) atoms. The van der Waals surface area contributed by atoms with Crippen molar-refractivity contribution >= 4 is 11.7 Å². The van der Waals surface area contributed by atoms with Crippen molar-refractivity contribution in [2.45, 2.75) is 13.5 Å². The number of aryl methyl sites for hydroxylation is 1. The fourth-order valence-corrected chi connectivity index (χ4v) is 2.14. The summed E-state index contributed by atoms with van der Waals surface area (Å²) in [6, 6.07) is 13.1. The van der Waals surface area contributed by atoms with Crippen LogP contribution in [-0.2, 0) is 11.3 Å². The maximum absolute atomic E-state index is 12.1. The molecule has 0 amide bonds. The van der Waals surface area contributed by atoms with Crippen molar-refractivity contribution in [1.82, 2.24) is 0 Å². The van der Waals surface area contributed by atoms with E-state index in [1.807, 2.05) is 56.3 Å². The zero-order valence-electron chi connectivity index (χ0n) is 13.4. The van der Waals surface area contributed by atoms with Gasteiger partial charge in [0.2, 0.25) is 0 Å². The van der Waals surface area contributed by atoms with Gasteiger partial charge in [-0.15, -0.1) is 0 Å². The monoisotopic (exact) mass is 299 g/mol. The molecule has 0 radical (unpaired) electrons. The van der Waals surface area contributed by atoms with Crippen LogP contribution < -0.4 is 9.64 Å². The van der Waals surface area contributed by atoms with Crippen LogP contribution in [0.1, 0.15) is 21.5 Å². The second-order valence-electron chi connectivity index (χ2n) is 5.33. The quantitative estimate of drug-likeness (QED) is 0.793. The van der Waals surface area contributed by atoms with Gasteiger partial charge < -0.3 is 14.4 Å². The molecule has 0 heterocycles. The molecule has 0 fully saturated rings. The van der Waals surface area contributed by atoms with Crippen molar-refractivity contribution in [2.75, 3.05) is 26.1 Å². The highest BCUT2D eigenvalue weighted by Crippen LogP contribution is 2.21. The molecular formula is C18H21NO3. The van der Waals surface area contributed by atoms with E-state index in [2.05, 4.69) is 0 Å². The van der Waals surface area contributed by atoms with Crippen LogP contribution >= 0.6 is 0 Å². The molecular weight excluding hydrogens is 278 g/mol. The molecule has 2 rings (SSSR count). The normalized spacial score (nSPS) is 10.2. The molecule has 0 aromatic heterocycles. The van der Waals surface area contributed by atoms with Crippen LogP contribution in [-0.4, -0.2) is 27.2 Å². The average molecular weight is 299 g/mol. The molecule has 116 valence electrons. The largest absolute Gasteiger partial charge is 0.496 e. The maximum atomic E-state index is 12.1. The number of methoxy groups -OCH3 is 1. The first-order chi connectivity index (χ1) is 10.5. The highest BCUT2D eigenvalue weighted by molar-refractivity contribution is 5.89. The molecule has 2 aromatic carbocycles. The van der Waals surface area contributed by atoms with E-state index in [4.69, 9.17) is 9.47 Å². The Kier molecular flexibility index (Phi) is 5.04. The standard InChI is InChI=1S/C18H21NO3/c1-13-5-10-17(21-4)15(11-13)12-22-18(20)14-6-8-16(9-7-14)19(2)3/h5-11H,12H2,1-4H3. The minimum atomic E-state index is -0.339. The average Bonchev–Trinajstić information content (AvgIpc) is 2.52. The van der Waals surface area contributed by atoms with E-state index in [-0.39, 0.29) is 12.6 Å². The number of carbonyl (C=O) groups is 1. The molecule has 0 N–H and O–H groups in total. The predicted octanol–water partition coefficient (Wildman–Crippen LogP) is 3.43. The van der Waals surface area contributed by atoms with Crippen LogP contribution in [0.5, 0.6) is 5.75 Å². The summed E-state index contributed by atoms with van der Waals surface area (Å²) in [7, 11) is 5.52. The molecule has 0 aliphatic rings. The molecule has 0 saturated heterocycles. The Bertz CT molecular complexity index is 648. The van der Waals surface area contributed by atoms with Gasteiger partial charge in [-0.25, -0.2) is 4.79 Å². The van der Waals surface area contributed by atoms with Gasteiger partial charge in [-0.05, 0) is 43.3 Å². The zero-order chi connectivity index (χ0) is 16.1. The molecule has 2 aromatic rings. The van der Waals surface area contributed by atoms with Gasteiger partial charge in [0.1, 0.15) is 12.4 Å². The van der Waals surface area contributed by atoms with Crippen LogP contribution in [0, 0.1) is 6.92 Å². The Hall–Kier alpha value is -2.49. The number of nitrogens with zero attached hydrogens (tertiary/aromatic N) is 1. The zero-order valence-corrected chi connectivity index (χ0v) is 13.4. The van der Waals surface area contributed by atoms with Crippen molar-refractivity contribution in [3.63, 3.8) is 0 Å². The van der Waals surface area contributed by atoms with E-state index >= 15 is 0 Å². The highest BCUT2D eigenvalue weighted by atomic mass is 16.5. The van der Waals surface area contributed by atoms with E-state index in [9.17, 15) is 4.79 Å². The summed E-state index contributed by atoms with van der Waals surface area (Å²) in [6.45, 7) is 2.18. The number of carbonyl (C=O) groups excluding carboxylic acids is 1. The summed E-state index contributed by atoms with van der Waals surface area (Å²) < 4.78 is 10.7. The predicted molar refractivity (Wildman–Crippen MR) is 87.6 cm³/mol. The number of hydrogen-bond donors (Lipinski definition) is 0. The molecule has 0 bridgehead atoms. The molecule has 0 aliphatic heterocycles. The first kappa shape index (κ1) is 15.9. The van der Waals surface area contributed by atoms with Gasteiger partial charge in [0.25, 0.3) is 0 Å². The van der Waals surface area contributed by atoms with Crippen molar-refractivity contribution < 1.29 is 14.3 Å². The Morgan fingerprint density at radius 3 is 2.36 bits per heavy atom. The SMILES string of the molecule is COc1ccc(C)cc1COC(=O)c1ccc(N(C)C)cc1. The molecule has 0 atom stereocenters. The van der Waals surface area contributed by atoms with Crippen LogP contribution in [0.15, 0.2) is 42.5 Å². The van der Waals surface area contributed by atoms with Crippen LogP contribution in [0.3, 0.4) is 0 Å². The first-order valence-electron chi connectivity index (χ1n) is 7.09. The minimum Gasteiger partial charge on any atom is -0.496 e. The Labute approximate surface area is 131 Å². The van der Waals surface area contributed by atoms with Crippen LogP contribution in [0.2, 0.25) is 0 Å². The van der Waals surface area contributed by atoms with Crippen molar-refractivity contribution in [3.05, 3.63) is 59.2 Å². The van der Waals surface area contributed by atoms with Crippen molar-refractivity contribution in [1.29, 1.82) is 0 Å². The molecule has 4 nitrogen and oxygen atoms in total. The number of benzene rings is 2. The van der Waals surface area contributed by atoms with Gasteiger partial charge in [0.05, 0.1) is 12.7 Å². The summed E-state index contributed by atoms with van der Waals surface area (Å²) in [5, 5.41) is 0. The number of ether oxygens (including phenoxy) is 2. The number of rotatable bonds is 5. The lowest BCUT2D eigenvalue weighted by molar-refractivity contribution is 0.0470. The summed E-state index contributed by atoms with van der Waals surface area (Å²) in [5.41, 5.74) is 3.54. The highest BCUT2D eigenvalue weighted by Gasteiger charge is 2.10. The minimum absolute atomic E-state index is 0.194. The first-order valence-corrected chi connectivity index (χ1v) is 7.09. The smallest absolute Gasteiger partial charge is 0.338 e. The van der Waals surface area contributed by atoms with Crippen LogP contribution in [0.4, 0.5) is 5.69 Å². The molecule has 4 heteroatoms. The van der Waals surface area contributed by atoms with Crippen molar-refractivity contribution in [3.8, 4) is 5.75 Å². The summed E-state index contributed by atoms with van der Waals surface area (Å²) in [6.07, 6.45) is 0. The lowest BCUT2D eigenvalue weighted by Crippen LogP contribution is -2.10. The number of anilines is 1. The lowest BCUT2D eigenvalue weighted by Gasteiger charge is -2.13. The van der Waals surface area contributed by atoms with E-state index in [1.165, 1.54) is 0 Å². The second kappa shape index (κ2) is 6.98. The van der Waals surface area contributed by atoms with E-state index < -0.39 is 0 Å². The third kappa shape index (κ3) is 3.79. The number of esters is 1. The van der Waals surface area contributed by atoms with E-state index in [0.717, 1.165) is 22.6 Å². The number of hydrogen-bond acceptors (Lipinski definition) is 4. The Balaban J connectivity index is 2.05. The molecule has 0 aliphatic carbocycles. The van der Waals surface area contributed by atoms with Crippen LogP contribution in [0.25, 0.3) is 0 Å². The lowest BCUT2D eigenvalue weighted by atomic mass is 10.1. The maximum Gasteiger partial charge on any atom is 0.338 e. The van der Waals surface area contributed by atoms with Gasteiger partial charge in [-0.2, -0.15) is 0 Å². The van der Waals surface area contributed by atoms with Gasteiger partial charge in [-0.3, -0.25) is 0 Å². The van der Waals surface area contributed by atoms with Gasteiger partial charge >= 0.3 is 5.97 Å². The van der Waals surface area contributed by atoms with Gasteiger partial charge in [-0.1, -0.05) is 11.6 Å². The Morgan fingerprint density at radius 2 is 1.77 bits per heavy atom. The molecule has 0 spiro atoms. The summed E-state index contributed by atoms with van der Waals surface area (Å²) in [4.78, 5) is 14.1. The Morgan fingerprint density at radius 1 is 1.09 bits per heavy atom. The third-order valence-electron chi connectivity index (χ3n) is 3.41. The van der Waals surface area contributed by atoms with Gasteiger partial charge in [0, 0.05) is 25.3 Å². The topological polar surface area (TPSA) is 38.8 Å². The summed E-state index contributed by atoms with van der Waals surface area (Å²) >= 11 is 0. The summed E-state index contributed by atoms with van der Waals surface area (Å²) in [5.74, 6) is 0.384. The molecule has 0 unspecified atom stereocenters. The van der Waals surface area contributed by atoms with Gasteiger partial charge in [0.15, 0.2) is 0 Å². The second-order valence-corrected chi connectivity index (χ2v) is 5.33. The van der Waals surface area contributed by atoms with Crippen molar-refractivity contribution in [2.24, 2.45) is 0 Å². The molecule has 0 saturated carbocycles.